The first kappa shape index (κ1) is 22.2. The van der Waals surface area contributed by atoms with Crippen LogP contribution < -0.4 is 9.47 Å². The van der Waals surface area contributed by atoms with Gasteiger partial charge in [-0.1, -0.05) is 6.07 Å². The summed E-state index contributed by atoms with van der Waals surface area (Å²) in [7, 11) is 3.08. The lowest BCUT2D eigenvalue weighted by Gasteiger charge is -2.27. The number of hydrogen-bond acceptors (Lipinski definition) is 6. The second-order valence-electron chi connectivity index (χ2n) is 9.38. The maximum atomic E-state index is 11.2. The monoisotopic (exact) mass is 482 g/mol. The molecule has 0 unspecified atom stereocenters. The van der Waals surface area contributed by atoms with Gasteiger partial charge in [0.15, 0.2) is 11.5 Å². The molecule has 0 bridgehead atoms. The molecule has 6 heteroatoms. The van der Waals surface area contributed by atoms with Crippen molar-refractivity contribution < 1.29 is 29.9 Å². The van der Waals surface area contributed by atoms with E-state index in [4.69, 9.17) is 9.47 Å². The smallest absolute Gasteiger partial charge is 0.165 e. The van der Waals surface area contributed by atoms with Crippen molar-refractivity contribution in [1.29, 1.82) is 0 Å². The van der Waals surface area contributed by atoms with Crippen molar-refractivity contribution in [1.82, 2.24) is 0 Å². The van der Waals surface area contributed by atoms with Crippen LogP contribution in [0.3, 0.4) is 0 Å². The lowest BCUT2D eigenvalue weighted by molar-refractivity contribution is 0.374. The van der Waals surface area contributed by atoms with Gasteiger partial charge < -0.3 is 29.9 Å². The number of fused-ring (bicyclic) bond motifs is 6. The average molecular weight is 483 g/mol. The lowest BCUT2D eigenvalue weighted by atomic mass is 9.79. The van der Waals surface area contributed by atoms with Gasteiger partial charge >= 0.3 is 0 Å². The fraction of sp³-hybridized carbons (Fsp3) is 0.200. The first-order chi connectivity index (χ1) is 17.4. The van der Waals surface area contributed by atoms with Gasteiger partial charge in [-0.3, -0.25) is 0 Å². The Bertz CT molecular complexity index is 1550. The fourth-order valence-electron chi connectivity index (χ4n) is 5.76. The average Bonchev–Trinajstić information content (AvgIpc) is 2.87. The molecular formula is C30H26O6. The first-order valence-electron chi connectivity index (χ1n) is 11.9. The summed E-state index contributed by atoms with van der Waals surface area (Å²) in [4.78, 5) is 0. The zero-order valence-corrected chi connectivity index (χ0v) is 20.1. The molecule has 0 amide bonds. The topological polar surface area (TPSA) is 99.4 Å². The van der Waals surface area contributed by atoms with Crippen molar-refractivity contribution >= 4 is 0 Å². The van der Waals surface area contributed by atoms with E-state index in [0.29, 0.717) is 35.5 Å². The van der Waals surface area contributed by atoms with E-state index in [0.717, 1.165) is 57.3 Å². The molecule has 6 nitrogen and oxygen atoms in total. The Morgan fingerprint density at radius 3 is 2.11 bits per heavy atom. The summed E-state index contributed by atoms with van der Waals surface area (Å²) >= 11 is 0. The van der Waals surface area contributed by atoms with Gasteiger partial charge in [-0.25, -0.2) is 0 Å². The molecule has 2 aliphatic rings. The fourth-order valence-corrected chi connectivity index (χ4v) is 5.76. The Balaban J connectivity index is 1.61. The predicted octanol–water partition coefficient (Wildman–Crippen LogP) is 5.72. The van der Waals surface area contributed by atoms with E-state index in [1.165, 1.54) is 7.11 Å². The number of phenols is 4. The number of aromatic hydroxyl groups is 4. The highest BCUT2D eigenvalue weighted by molar-refractivity contribution is 5.92. The van der Waals surface area contributed by atoms with Gasteiger partial charge in [0, 0.05) is 22.8 Å². The number of methoxy groups -OCH3 is 2. The van der Waals surface area contributed by atoms with Crippen LogP contribution >= 0.6 is 0 Å². The molecule has 0 atom stereocenters. The number of ether oxygens (including phenoxy) is 2. The highest BCUT2D eigenvalue weighted by atomic mass is 16.5. The Hall–Kier alpha value is -4.32. The minimum atomic E-state index is 0.0374. The summed E-state index contributed by atoms with van der Waals surface area (Å²) in [5.41, 5.74) is 8.27. The molecule has 0 fully saturated rings. The van der Waals surface area contributed by atoms with Crippen LogP contribution in [0.15, 0.2) is 48.5 Å². The molecule has 0 aliphatic heterocycles. The highest BCUT2D eigenvalue weighted by Gasteiger charge is 2.29. The van der Waals surface area contributed by atoms with E-state index in [2.05, 4.69) is 0 Å². The second-order valence-corrected chi connectivity index (χ2v) is 9.38. The summed E-state index contributed by atoms with van der Waals surface area (Å²) in [5, 5.41) is 43.1. The largest absolute Gasteiger partial charge is 0.508 e. The molecule has 36 heavy (non-hydrogen) atoms. The van der Waals surface area contributed by atoms with Crippen molar-refractivity contribution in [2.45, 2.75) is 25.7 Å². The number of rotatable bonds is 3. The van der Waals surface area contributed by atoms with Crippen LogP contribution in [0.4, 0.5) is 0 Å². The first-order valence-corrected chi connectivity index (χ1v) is 11.9. The Kier molecular flexibility index (Phi) is 5.00. The van der Waals surface area contributed by atoms with Crippen molar-refractivity contribution in [3.8, 4) is 67.9 Å². The summed E-state index contributed by atoms with van der Waals surface area (Å²) < 4.78 is 10.9. The highest BCUT2D eigenvalue weighted by Crippen LogP contribution is 2.52. The normalized spacial score (nSPS) is 13.3. The van der Waals surface area contributed by atoms with E-state index in [1.807, 2.05) is 12.1 Å². The minimum absolute atomic E-state index is 0.0374. The van der Waals surface area contributed by atoms with Crippen LogP contribution in [-0.2, 0) is 25.7 Å². The van der Waals surface area contributed by atoms with Crippen LogP contribution in [-0.4, -0.2) is 34.6 Å². The molecule has 4 aromatic rings. The molecule has 0 radical (unpaired) electrons. The zero-order chi connectivity index (χ0) is 25.1. The van der Waals surface area contributed by atoms with Crippen LogP contribution in [0, 0.1) is 0 Å². The third-order valence-corrected chi connectivity index (χ3v) is 7.45. The van der Waals surface area contributed by atoms with Crippen molar-refractivity contribution in [2.75, 3.05) is 14.2 Å². The van der Waals surface area contributed by atoms with E-state index < -0.39 is 0 Å². The van der Waals surface area contributed by atoms with E-state index in [1.54, 1.807) is 43.5 Å². The molecule has 4 aromatic carbocycles. The van der Waals surface area contributed by atoms with E-state index >= 15 is 0 Å². The number of hydrogen-bond donors (Lipinski definition) is 4. The Labute approximate surface area is 208 Å². The lowest BCUT2D eigenvalue weighted by Crippen LogP contribution is -2.08. The second kappa shape index (κ2) is 8.12. The molecule has 0 saturated carbocycles. The van der Waals surface area contributed by atoms with Crippen molar-refractivity contribution in [3.05, 3.63) is 70.8 Å². The molecular weight excluding hydrogens is 456 g/mol. The van der Waals surface area contributed by atoms with E-state index in [9.17, 15) is 20.4 Å². The van der Waals surface area contributed by atoms with Gasteiger partial charge in [-0.05, 0) is 101 Å². The van der Waals surface area contributed by atoms with Gasteiger partial charge in [0.05, 0.1) is 14.2 Å². The van der Waals surface area contributed by atoms with Crippen LogP contribution in [0.25, 0.3) is 33.4 Å². The van der Waals surface area contributed by atoms with Crippen molar-refractivity contribution in [3.63, 3.8) is 0 Å². The summed E-state index contributed by atoms with van der Waals surface area (Å²) in [6, 6.07) is 14.2. The molecule has 0 saturated heterocycles. The number of aryl methyl sites for hydroxylation is 3. The third-order valence-electron chi connectivity index (χ3n) is 7.45. The Morgan fingerprint density at radius 1 is 0.583 bits per heavy atom. The SMILES string of the molecule is COc1cc(O)c2c(c1)CCc1cc(O)c(-c3cc(OC)c(O)c4c3CCc3cc(O)ccc3-4)cc1-2. The van der Waals surface area contributed by atoms with Gasteiger partial charge in [0.25, 0.3) is 0 Å². The third kappa shape index (κ3) is 3.25. The molecule has 4 N–H and O–H groups in total. The summed E-state index contributed by atoms with van der Waals surface area (Å²) in [6.45, 7) is 0. The van der Waals surface area contributed by atoms with Crippen LogP contribution in [0.2, 0.25) is 0 Å². The molecule has 0 aromatic heterocycles. The standard InChI is InChI=1S/C30H26O6/c1-35-19-10-17-4-3-16-11-25(32)24(13-22(16)28(17)26(33)12-19)23-14-27(36-2)30(34)29-20-8-6-18(31)9-15(20)5-7-21(23)29/h6,8-14,31-34H,3-5,7H2,1-2H3. The summed E-state index contributed by atoms with van der Waals surface area (Å²) in [6.07, 6.45) is 2.77. The predicted molar refractivity (Wildman–Crippen MR) is 137 cm³/mol. The molecule has 0 heterocycles. The zero-order valence-electron chi connectivity index (χ0n) is 20.1. The van der Waals surface area contributed by atoms with Gasteiger partial charge in [-0.15, -0.1) is 0 Å². The maximum absolute atomic E-state index is 11.2. The van der Waals surface area contributed by atoms with Gasteiger partial charge in [0.1, 0.15) is 23.0 Å². The number of benzene rings is 4. The van der Waals surface area contributed by atoms with Crippen molar-refractivity contribution in [2.24, 2.45) is 0 Å². The molecule has 182 valence electrons. The van der Waals surface area contributed by atoms with E-state index in [-0.39, 0.29) is 23.0 Å². The Morgan fingerprint density at radius 2 is 1.33 bits per heavy atom. The van der Waals surface area contributed by atoms with Crippen LogP contribution in [0.1, 0.15) is 22.3 Å². The van der Waals surface area contributed by atoms with Gasteiger partial charge in [-0.2, -0.15) is 0 Å². The number of phenolic OH excluding ortho intramolecular Hbond substituents is 4. The minimum Gasteiger partial charge on any atom is -0.508 e. The molecule has 6 rings (SSSR count). The van der Waals surface area contributed by atoms with Gasteiger partial charge in [0.2, 0.25) is 0 Å². The maximum Gasteiger partial charge on any atom is 0.165 e. The molecule has 0 spiro atoms. The summed E-state index contributed by atoms with van der Waals surface area (Å²) in [5.74, 6) is 1.40. The van der Waals surface area contributed by atoms with Crippen LogP contribution in [0.5, 0.6) is 34.5 Å². The quantitative estimate of drug-likeness (QED) is 0.298. The molecule has 2 aliphatic carbocycles.